The summed E-state index contributed by atoms with van der Waals surface area (Å²) < 4.78 is 23.0. The van der Waals surface area contributed by atoms with E-state index in [1.54, 1.807) is 12.1 Å². The topological polar surface area (TPSA) is 61.8 Å². The van der Waals surface area contributed by atoms with Gasteiger partial charge < -0.3 is 10.2 Å². The maximum atomic E-state index is 11.5. The van der Waals surface area contributed by atoms with Crippen LogP contribution in [0.4, 0.5) is 0 Å². The second kappa shape index (κ2) is 9.60. The number of rotatable bonds is 4. The van der Waals surface area contributed by atoms with E-state index in [4.69, 9.17) is 4.99 Å². The van der Waals surface area contributed by atoms with Gasteiger partial charge in [-0.15, -0.1) is 24.0 Å². The maximum absolute atomic E-state index is 11.5. The van der Waals surface area contributed by atoms with Crippen LogP contribution in [0.5, 0.6) is 0 Å². The molecule has 1 fully saturated rings. The maximum Gasteiger partial charge on any atom is 0.194 e. The van der Waals surface area contributed by atoms with E-state index >= 15 is 0 Å². The van der Waals surface area contributed by atoms with Crippen molar-refractivity contribution in [3.05, 3.63) is 29.8 Å². The van der Waals surface area contributed by atoms with Crippen LogP contribution in [0.15, 0.2) is 34.2 Å². The van der Waals surface area contributed by atoms with Crippen molar-refractivity contribution in [2.24, 2.45) is 10.9 Å². The zero-order valence-electron chi connectivity index (χ0n) is 14.7. The summed E-state index contributed by atoms with van der Waals surface area (Å²) in [6.45, 7) is 7.85. The van der Waals surface area contributed by atoms with Gasteiger partial charge in [0.1, 0.15) is 0 Å². The molecule has 7 heteroatoms. The number of nitrogens with one attached hydrogen (secondary N) is 1. The van der Waals surface area contributed by atoms with E-state index in [9.17, 15) is 8.42 Å². The van der Waals surface area contributed by atoms with Gasteiger partial charge in [0.25, 0.3) is 0 Å². The third-order valence-corrected chi connectivity index (χ3v) is 5.31. The summed E-state index contributed by atoms with van der Waals surface area (Å²) in [7, 11) is -3.14. The summed E-state index contributed by atoms with van der Waals surface area (Å²) in [6.07, 6.45) is 3.63. The number of likely N-dealkylation sites (tertiary alicyclic amines) is 1. The van der Waals surface area contributed by atoms with Crippen LogP contribution in [-0.2, 0) is 16.4 Å². The lowest BCUT2D eigenvalue weighted by atomic mass is 10.00. The van der Waals surface area contributed by atoms with Gasteiger partial charge in [-0.3, -0.25) is 0 Å². The van der Waals surface area contributed by atoms with Gasteiger partial charge >= 0.3 is 0 Å². The SMILES string of the molecule is CCNC(=NCc1ccc(S(C)(=O)=O)cc1)N1CCC(C)CC1.I. The molecule has 1 aliphatic heterocycles. The standard InChI is InChI=1S/C17H27N3O2S.HI/c1-4-18-17(20-11-9-14(2)10-12-20)19-13-15-5-7-16(8-6-15)23(3,21)22;/h5-8,14H,4,9-13H2,1-3H3,(H,18,19);1H. The molecular formula is C17H28IN3O2S. The van der Waals surface area contributed by atoms with E-state index in [-0.39, 0.29) is 24.0 Å². The first kappa shape index (κ1) is 21.2. The van der Waals surface area contributed by atoms with Gasteiger partial charge in [-0.25, -0.2) is 13.4 Å². The normalized spacial score (nSPS) is 16.6. The average molecular weight is 465 g/mol. The lowest BCUT2D eigenvalue weighted by molar-refractivity contribution is 0.273. The number of halogens is 1. The smallest absolute Gasteiger partial charge is 0.194 e. The first-order chi connectivity index (χ1) is 10.9. The molecule has 1 heterocycles. The fourth-order valence-corrected chi connectivity index (χ4v) is 3.28. The van der Waals surface area contributed by atoms with Gasteiger partial charge in [-0.2, -0.15) is 0 Å². The lowest BCUT2D eigenvalue weighted by Crippen LogP contribution is -2.45. The summed E-state index contributed by atoms with van der Waals surface area (Å²) in [6, 6.07) is 6.97. The Morgan fingerprint density at radius 2 is 1.83 bits per heavy atom. The minimum Gasteiger partial charge on any atom is -0.357 e. The summed E-state index contributed by atoms with van der Waals surface area (Å²) in [5, 5.41) is 3.35. The Balaban J connectivity index is 0.00000288. The van der Waals surface area contributed by atoms with Gasteiger partial charge in [-0.1, -0.05) is 19.1 Å². The minimum absolute atomic E-state index is 0. The van der Waals surface area contributed by atoms with Crippen molar-refractivity contribution >= 4 is 39.8 Å². The molecule has 136 valence electrons. The first-order valence-corrected chi connectivity index (χ1v) is 10.1. The predicted molar refractivity (Wildman–Crippen MR) is 110 cm³/mol. The molecular weight excluding hydrogens is 437 g/mol. The highest BCUT2D eigenvalue weighted by Crippen LogP contribution is 2.16. The Bertz CT molecular complexity index is 636. The van der Waals surface area contributed by atoms with E-state index < -0.39 is 9.84 Å². The van der Waals surface area contributed by atoms with Crippen LogP contribution in [0.2, 0.25) is 0 Å². The van der Waals surface area contributed by atoms with Crippen molar-refractivity contribution in [1.29, 1.82) is 0 Å². The molecule has 1 aromatic rings. The number of hydrogen-bond acceptors (Lipinski definition) is 3. The van der Waals surface area contributed by atoms with Crippen LogP contribution in [0.1, 0.15) is 32.3 Å². The molecule has 0 saturated carbocycles. The Labute approximate surface area is 162 Å². The van der Waals surface area contributed by atoms with Crippen molar-refractivity contribution in [2.45, 2.75) is 38.1 Å². The largest absolute Gasteiger partial charge is 0.357 e. The van der Waals surface area contributed by atoms with Gasteiger partial charge in [-0.05, 0) is 43.4 Å². The third kappa shape index (κ3) is 6.23. The fourth-order valence-electron chi connectivity index (χ4n) is 2.65. The fraction of sp³-hybridized carbons (Fsp3) is 0.588. The molecule has 1 saturated heterocycles. The van der Waals surface area contributed by atoms with Crippen LogP contribution in [0.3, 0.4) is 0 Å². The van der Waals surface area contributed by atoms with Crippen molar-refractivity contribution < 1.29 is 8.42 Å². The molecule has 24 heavy (non-hydrogen) atoms. The quantitative estimate of drug-likeness (QED) is 0.422. The summed E-state index contributed by atoms with van der Waals surface area (Å²) >= 11 is 0. The molecule has 1 aliphatic rings. The first-order valence-electron chi connectivity index (χ1n) is 8.22. The average Bonchev–Trinajstić information content (AvgIpc) is 2.52. The third-order valence-electron chi connectivity index (χ3n) is 4.18. The molecule has 1 N–H and O–H groups in total. The summed E-state index contributed by atoms with van der Waals surface area (Å²) in [5.74, 6) is 1.74. The zero-order valence-corrected chi connectivity index (χ0v) is 17.8. The highest BCUT2D eigenvalue weighted by Gasteiger charge is 2.18. The molecule has 0 aromatic heterocycles. The molecule has 0 radical (unpaired) electrons. The number of nitrogens with zero attached hydrogens (tertiary/aromatic N) is 2. The molecule has 0 unspecified atom stereocenters. The minimum atomic E-state index is -3.14. The van der Waals surface area contributed by atoms with Gasteiger partial charge in [0.15, 0.2) is 15.8 Å². The Hall–Kier alpha value is -0.830. The molecule has 5 nitrogen and oxygen atoms in total. The lowest BCUT2D eigenvalue weighted by Gasteiger charge is -2.33. The van der Waals surface area contributed by atoms with Crippen molar-refractivity contribution in [3.63, 3.8) is 0 Å². The molecule has 0 bridgehead atoms. The van der Waals surface area contributed by atoms with E-state index in [0.29, 0.717) is 11.4 Å². The summed E-state index contributed by atoms with van der Waals surface area (Å²) in [4.78, 5) is 7.37. The number of hydrogen-bond donors (Lipinski definition) is 1. The predicted octanol–water partition coefficient (Wildman–Crippen LogP) is 2.91. The number of benzene rings is 1. The number of sulfone groups is 1. The molecule has 0 aliphatic carbocycles. The number of piperidine rings is 1. The summed E-state index contributed by atoms with van der Waals surface area (Å²) in [5.41, 5.74) is 1.01. The molecule has 0 atom stereocenters. The van der Waals surface area contributed by atoms with E-state index in [1.807, 2.05) is 12.1 Å². The van der Waals surface area contributed by atoms with Gasteiger partial charge in [0.2, 0.25) is 0 Å². The van der Waals surface area contributed by atoms with Crippen molar-refractivity contribution in [1.82, 2.24) is 10.2 Å². The highest BCUT2D eigenvalue weighted by atomic mass is 127. The van der Waals surface area contributed by atoms with E-state index in [0.717, 1.165) is 37.1 Å². The number of aliphatic imine (C=N–C) groups is 1. The molecule has 0 amide bonds. The van der Waals surface area contributed by atoms with Crippen LogP contribution in [0, 0.1) is 5.92 Å². The Kier molecular flexibility index (Phi) is 8.49. The highest BCUT2D eigenvalue weighted by molar-refractivity contribution is 14.0. The second-order valence-electron chi connectivity index (χ2n) is 6.26. The Morgan fingerprint density at radius 1 is 1.25 bits per heavy atom. The molecule has 0 spiro atoms. The van der Waals surface area contributed by atoms with Crippen molar-refractivity contribution in [2.75, 3.05) is 25.9 Å². The zero-order chi connectivity index (χ0) is 16.9. The van der Waals surface area contributed by atoms with Crippen LogP contribution in [0.25, 0.3) is 0 Å². The van der Waals surface area contributed by atoms with Crippen LogP contribution < -0.4 is 5.32 Å². The Morgan fingerprint density at radius 3 is 2.33 bits per heavy atom. The van der Waals surface area contributed by atoms with Crippen LogP contribution in [-0.4, -0.2) is 45.2 Å². The monoisotopic (exact) mass is 465 g/mol. The van der Waals surface area contributed by atoms with E-state index in [2.05, 4.69) is 24.1 Å². The number of guanidine groups is 1. The second-order valence-corrected chi connectivity index (χ2v) is 8.27. The molecule has 2 rings (SSSR count). The van der Waals surface area contributed by atoms with Crippen LogP contribution >= 0.6 is 24.0 Å². The van der Waals surface area contributed by atoms with Gasteiger partial charge in [0, 0.05) is 25.9 Å². The van der Waals surface area contributed by atoms with Crippen molar-refractivity contribution in [3.8, 4) is 0 Å². The van der Waals surface area contributed by atoms with Gasteiger partial charge in [0.05, 0.1) is 11.4 Å². The van der Waals surface area contributed by atoms with E-state index in [1.165, 1.54) is 19.1 Å². The molecule has 1 aromatic carbocycles.